The number of likely N-dealkylation sites (N-methyl/N-ethyl adjacent to an activating group) is 1. The molecular weight excluding hydrogens is 592 g/mol. The van der Waals surface area contributed by atoms with E-state index >= 15 is 0 Å². The molecule has 6 rings (SSSR count). The third-order valence-electron chi connectivity index (χ3n) is 8.71. The van der Waals surface area contributed by atoms with Crippen LogP contribution in [0.4, 0.5) is 17.2 Å². The zero-order valence-electron chi connectivity index (χ0n) is 26.7. The van der Waals surface area contributed by atoms with Crippen molar-refractivity contribution in [1.29, 1.82) is 0 Å². The highest BCUT2D eigenvalue weighted by molar-refractivity contribution is 7.92. The third kappa shape index (κ3) is 6.04. The summed E-state index contributed by atoms with van der Waals surface area (Å²) in [5, 5.41) is 3.80. The molecule has 1 amide bonds. The summed E-state index contributed by atoms with van der Waals surface area (Å²) in [5.74, 6) is 2.03. The van der Waals surface area contributed by atoms with Crippen molar-refractivity contribution in [2.75, 3.05) is 48.4 Å². The third-order valence-corrected chi connectivity index (χ3v) is 9.30. The molecule has 2 fully saturated rings. The maximum Gasteiger partial charge on any atom is 0.272 e. The predicted molar refractivity (Wildman–Crippen MR) is 178 cm³/mol. The van der Waals surface area contributed by atoms with E-state index in [4.69, 9.17) is 9.47 Å². The molecule has 2 aromatic heterocycles. The molecule has 2 N–H and O–H groups in total. The van der Waals surface area contributed by atoms with Gasteiger partial charge >= 0.3 is 0 Å². The van der Waals surface area contributed by atoms with Crippen LogP contribution in [0.25, 0.3) is 10.9 Å². The van der Waals surface area contributed by atoms with Crippen molar-refractivity contribution in [3.05, 3.63) is 66.0 Å². The first-order valence-electron chi connectivity index (χ1n) is 14.9. The number of aromatic nitrogens is 2. The minimum atomic E-state index is -3.61. The number of para-hydroxylation sites is 1. The molecule has 0 spiro atoms. The molecule has 11 nitrogen and oxygen atoms in total. The lowest BCUT2D eigenvalue weighted by molar-refractivity contribution is 0.101. The Balaban J connectivity index is 1.30. The lowest BCUT2D eigenvalue weighted by atomic mass is 9.86. The lowest BCUT2D eigenvalue weighted by Gasteiger charge is -2.32. The van der Waals surface area contributed by atoms with E-state index in [9.17, 15) is 13.2 Å². The van der Waals surface area contributed by atoms with E-state index in [1.807, 2.05) is 70.3 Å². The Morgan fingerprint density at radius 3 is 2.42 bits per heavy atom. The van der Waals surface area contributed by atoms with Crippen LogP contribution < -0.4 is 24.4 Å². The SMILES string of the molecule is COc1c(NC(=O)c2cc3cccc(Oc4ccnc(N5C[C@@H]6CC5CN6C)c4)c3n2C)cc(C(C)(C)C)cc1NS(C)(=O)=O. The molecule has 2 aliphatic rings. The number of ether oxygens (including phenoxy) is 2. The second-order valence-electron chi connectivity index (χ2n) is 13.1. The summed E-state index contributed by atoms with van der Waals surface area (Å²) in [6.07, 6.45) is 4.00. The van der Waals surface area contributed by atoms with Crippen molar-refractivity contribution in [3.8, 4) is 17.2 Å². The molecule has 2 aliphatic heterocycles. The molecule has 45 heavy (non-hydrogen) atoms. The Labute approximate surface area is 264 Å². The second kappa shape index (κ2) is 11.3. The number of pyridine rings is 1. The number of methoxy groups -OCH3 is 1. The monoisotopic (exact) mass is 632 g/mol. The number of hydrogen-bond acceptors (Lipinski definition) is 8. The predicted octanol–water partition coefficient (Wildman–Crippen LogP) is 5.19. The fourth-order valence-corrected chi connectivity index (χ4v) is 6.96. The first-order valence-corrected chi connectivity index (χ1v) is 16.8. The molecule has 0 aliphatic carbocycles. The molecule has 2 atom stereocenters. The van der Waals surface area contributed by atoms with E-state index in [0.29, 0.717) is 35.0 Å². The van der Waals surface area contributed by atoms with Crippen LogP contribution in [-0.4, -0.2) is 74.4 Å². The quantitative estimate of drug-likeness (QED) is 0.273. The summed E-state index contributed by atoms with van der Waals surface area (Å²) in [7, 11) is 1.83. The van der Waals surface area contributed by atoms with Crippen LogP contribution in [0.5, 0.6) is 17.2 Å². The van der Waals surface area contributed by atoms with Crippen molar-refractivity contribution in [2.24, 2.45) is 7.05 Å². The van der Waals surface area contributed by atoms with Gasteiger partial charge in [-0.2, -0.15) is 0 Å². The van der Waals surface area contributed by atoms with Crippen LogP contribution in [0, 0.1) is 0 Å². The van der Waals surface area contributed by atoms with Gasteiger partial charge in [-0.3, -0.25) is 14.4 Å². The van der Waals surface area contributed by atoms with Crippen molar-refractivity contribution < 1.29 is 22.7 Å². The normalized spacial score (nSPS) is 18.4. The topological polar surface area (TPSA) is 118 Å². The molecule has 238 valence electrons. The number of likely N-dealkylation sites (tertiary alicyclic amines) is 1. The number of amides is 1. The zero-order valence-corrected chi connectivity index (χ0v) is 27.5. The molecule has 0 saturated carbocycles. The van der Waals surface area contributed by atoms with Gasteiger partial charge in [-0.25, -0.2) is 13.4 Å². The van der Waals surface area contributed by atoms with E-state index in [-0.39, 0.29) is 22.8 Å². The minimum Gasteiger partial charge on any atom is -0.492 e. The van der Waals surface area contributed by atoms with Gasteiger partial charge in [0.1, 0.15) is 17.3 Å². The number of nitrogens with one attached hydrogen (secondary N) is 2. The van der Waals surface area contributed by atoms with Gasteiger partial charge in [-0.15, -0.1) is 0 Å². The summed E-state index contributed by atoms with van der Waals surface area (Å²) in [6, 6.07) is 15.9. The highest BCUT2D eigenvalue weighted by atomic mass is 32.2. The van der Waals surface area contributed by atoms with Gasteiger partial charge in [0.05, 0.1) is 30.3 Å². The summed E-state index contributed by atoms with van der Waals surface area (Å²) in [4.78, 5) is 23.2. The van der Waals surface area contributed by atoms with Crippen LogP contribution in [0.2, 0.25) is 0 Å². The maximum atomic E-state index is 13.8. The van der Waals surface area contributed by atoms with Gasteiger partial charge in [0, 0.05) is 49.9 Å². The number of nitrogens with zero attached hydrogens (tertiary/aromatic N) is 4. The molecule has 2 aromatic carbocycles. The van der Waals surface area contributed by atoms with E-state index in [1.54, 1.807) is 16.8 Å². The molecular formula is C33H40N6O5S. The van der Waals surface area contributed by atoms with Crippen LogP contribution in [0.15, 0.2) is 54.7 Å². The zero-order chi connectivity index (χ0) is 32.3. The Kier molecular flexibility index (Phi) is 7.68. The van der Waals surface area contributed by atoms with Crippen molar-refractivity contribution >= 4 is 44.0 Å². The number of aryl methyl sites for hydroxylation is 1. The molecule has 0 radical (unpaired) electrons. The van der Waals surface area contributed by atoms with Crippen molar-refractivity contribution in [2.45, 2.75) is 44.7 Å². The maximum absolute atomic E-state index is 13.8. The van der Waals surface area contributed by atoms with Crippen molar-refractivity contribution in [3.63, 3.8) is 0 Å². The van der Waals surface area contributed by atoms with E-state index < -0.39 is 10.0 Å². The van der Waals surface area contributed by atoms with Gasteiger partial charge in [-0.1, -0.05) is 32.9 Å². The number of benzene rings is 2. The number of fused-ring (bicyclic) bond motifs is 3. The molecule has 4 aromatic rings. The van der Waals surface area contributed by atoms with Gasteiger partial charge in [-0.05, 0) is 54.8 Å². The van der Waals surface area contributed by atoms with Crippen LogP contribution in [-0.2, 0) is 22.5 Å². The van der Waals surface area contributed by atoms with Gasteiger partial charge in [0.25, 0.3) is 5.91 Å². The Morgan fingerprint density at radius 2 is 1.78 bits per heavy atom. The summed E-state index contributed by atoms with van der Waals surface area (Å²) >= 11 is 0. The van der Waals surface area contributed by atoms with Crippen LogP contribution in [0.3, 0.4) is 0 Å². The number of carbonyl (C=O) groups is 1. The number of hydrogen-bond donors (Lipinski definition) is 2. The van der Waals surface area contributed by atoms with Crippen molar-refractivity contribution in [1.82, 2.24) is 14.5 Å². The first kappa shape index (κ1) is 30.7. The second-order valence-corrected chi connectivity index (χ2v) is 14.8. The van der Waals surface area contributed by atoms with E-state index in [0.717, 1.165) is 48.1 Å². The smallest absolute Gasteiger partial charge is 0.272 e. The Bertz CT molecular complexity index is 1900. The lowest BCUT2D eigenvalue weighted by Crippen LogP contribution is -2.44. The van der Waals surface area contributed by atoms with Crippen LogP contribution >= 0.6 is 0 Å². The minimum absolute atomic E-state index is 0.218. The fraction of sp³-hybridized carbons (Fsp3) is 0.394. The van der Waals surface area contributed by atoms with E-state index in [2.05, 4.69) is 31.9 Å². The highest BCUT2D eigenvalue weighted by Gasteiger charge is 2.42. The molecule has 12 heteroatoms. The number of sulfonamides is 1. The molecule has 4 heterocycles. The summed E-state index contributed by atoms with van der Waals surface area (Å²) in [6.45, 7) is 8.02. The number of rotatable bonds is 8. The first-order chi connectivity index (χ1) is 21.2. The fourth-order valence-electron chi connectivity index (χ4n) is 6.41. The van der Waals surface area contributed by atoms with Gasteiger partial charge < -0.3 is 24.3 Å². The highest BCUT2D eigenvalue weighted by Crippen LogP contribution is 2.40. The van der Waals surface area contributed by atoms with E-state index in [1.165, 1.54) is 7.11 Å². The van der Waals surface area contributed by atoms with Crippen LogP contribution in [0.1, 0.15) is 43.2 Å². The van der Waals surface area contributed by atoms with Gasteiger partial charge in [0.15, 0.2) is 11.5 Å². The number of anilines is 3. The molecule has 2 saturated heterocycles. The Hall–Kier alpha value is -4.29. The summed E-state index contributed by atoms with van der Waals surface area (Å²) in [5.41, 5.74) is 2.26. The largest absolute Gasteiger partial charge is 0.492 e. The number of piperazine rings is 1. The molecule has 1 unspecified atom stereocenters. The average Bonchev–Trinajstić information content (AvgIpc) is 3.64. The number of carbonyl (C=O) groups excluding carboxylic acids is 1. The standard InChI is InChI=1S/C33H40N6O5S/c1-33(2,3)21-14-25(31(43-6)26(15-21)36-45(7,41)42)35-32(40)27-13-20-9-8-10-28(30(20)38(27)5)44-24-11-12-34-29(17-24)39-19-22-16-23(39)18-37(22)4/h8-15,17,22-23,36H,16,18-19H2,1-7H3,(H,35,40)/t22-,23?/m0/s1. The Morgan fingerprint density at radius 1 is 1.02 bits per heavy atom. The summed E-state index contributed by atoms with van der Waals surface area (Å²) < 4.78 is 40.6. The van der Waals surface area contributed by atoms with Gasteiger partial charge in [0.2, 0.25) is 10.0 Å². The average molecular weight is 633 g/mol. The molecule has 2 bridgehead atoms.